The van der Waals surface area contributed by atoms with Gasteiger partial charge in [-0.2, -0.15) is 4.31 Å². The van der Waals surface area contributed by atoms with Crippen molar-refractivity contribution < 1.29 is 27.4 Å². The van der Waals surface area contributed by atoms with Crippen LogP contribution in [0.4, 0.5) is 4.39 Å². The van der Waals surface area contributed by atoms with Gasteiger partial charge in [0.15, 0.2) is 11.6 Å². The predicted octanol–water partition coefficient (Wildman–Crippen LogP) is 2.76. The van der Waals surface area contributed by atoms with Crippen LogP contribution in [-0.2, 0) is 14.8 Å². The molecule has 1 aliphatic rings. The minimum absolute atomic E-state index is 0.0242. The van der Waals surface area contributed by atoms with Crippen LogP contribution in [0.25, 0.3) is 10.1 Å². The number of nitrogens with zero attached hydrogens (tertiary/aromatic N) is 1. The molecule has 3 aromatic rings. The van der Waals surface area contributed by atoms with Crippen LogP contribution in [0.15, 0.2) is 47.4 Å². The molecular formula is C20H21FN2O5S2. The molecule has 0 aliphatic carbocycles. The van der Waals surface area contributed by atoms with E-state index in [-0.39, 0.29) is 30.3 Å². The molecule has 2 atom stereocenters. The number of thiophene rings is 1. The highest BCUT2D eigenvalue weighted by atomic mass is 32.2. The molecule has 1 unspecified atom stereocenters. The smallest absolute Gasteiger partial charge is 0.243 e. The summed E-state index contributed by atoms with van der Waals surface area (Å²) >= 11 is 1.35. The number of aliphatic hydroxyl groups is 1. The molecule has 1 aliphatic heterocycles. The van der Waals surface area contributed by atoms with Gasteiger partial charge in [-0.05, 0) is 29.7 Å². The minimum atomic E-state index is -3.95. The van der Waals surface area contributed by atoms with Crippen LogP contribution in [0.1, 0.15) is 22.8 Å². The fraction of sp³-hybridized carbons (Fsp3) is 0.300. The van der Waals surface area contributed by atoms with E-state index in [0.29, 0.717) is 10.4 Å². The molecule has 0 radical (unpaired) electrons. The molecule has 0 spiro atoms. The van der Waals surface area contributed by atoms with Gasteiger partial charge in [0.2, 0.25) is 10.0 Å². The molecule has 30 heavy (non-hydrogen) atoms. The number of hydrogen-bond donors (Lipinski definition) is 2. The highest BCUT2D eigenvalue weighted by Gasteiger charge is 2.35. The van der Waals surface area contributed by atoms with Crippen molar-refractivity contribution in [1.82, 2.24) is 4.31 Å². The zero-order valence-electron chi connectivity index (χ0n) is 16.1. The number of nitrogens with two attached hydrogens (primary N) is 1. The highest BCUT2D eigenvalue weighted by Crippen LogP contribution is 2.40. The van der Waals surface area contributed by atoms with Gasteiger partial charge in [0.05, 0.1) is 29.6 Å². The van der Waals surface area contributed by atoms with Crippen LogP contribution in [0.5, 0.6) is 5.75 Å². The SMILES string of the molecule is COc1ccc(S(=O)(=O)N2CCO[C@H](c3c(C(N)O)sc4ccccc34)C2)cc1F. The number of benzene rings is 2. The summed E-state index contributed by atoms with van der Waals surface area (Å²) in [6.45, 7) is 0.318. The van der Waals surface area contributed by atoms with Gasteiger partial charge in [-0.3, -0.25) is 0 Å². The second-order valence-electron chi connectivity index (χ2n) is 6.84. The normalized spacial score (nSPS) is 19.1. The lowest BCUT2D eigenvalue weighted by atomic mass is 10.0. The number of ether oxygens (including phenoxy) is 2. The Hall–Kier alpha value is -2.08. The third-order valence-corrected chi connectivity index (χ3v) is 8.16. The monoisotopic (exact) mass is 452 g/mol. The van der Waals surface area contributed by atoms with E-state index in [1.54, 1.807) is 0 Å². The van der Waals surface area contributed by atoms with E-state index in [2.05, 4.69) is 0 Å². The maximum atomic E-state index is 14.1. The molecule has 0 bridgehead atoms. The van der Waals surface area contributed by atoms with Crippen LogP contribution < -0.4 is 10.5 Å². The largest absolute Gasteiger partial charge is 0.494 e. The van der Waals surface area contributed by atoms with Gasteiger partial charge < -0.3 is 20.3 Å². The molecular weight excluding hydrogens is 431 g/mol. The van der Waals surface area contributed by atoms with E-state index in [1.807, 2.05) is 24.3 Å². The van der Waals surface area contributed by atoms with Crippen molar-refractivity contribution in [3.63, 3.8) is 0 Å². The van der Waals surface area contributed by atoms with E-state index in [1.165, 1.54) is 34.9 Å². The standard InChI is InChI=1S/C20H21FN2O5S2/c1-27-15-7-6-12(10-14(15)21)30(25,26)23-8-9-28-16(11-23)18-13-4-2-3-5-17(13)29-19(18)20(22)24/h2-7,10,16,20,24H,8-9,11,22H2,1H3/t16-,20?/m0/s1. The van der Waals surface area contributed by atoms with Crippen molar-refractivity contribution in [3.8, 4) is 5.75 Å². The molecule has 7 nitrogen and oxygen atoms in total. The van der Waals surface area contributed by atoms with Crippen molar-refractivity contribution >= 4 is 31.4 Å². The Kier molecular flexibility index (Phi) is 5.80. The first-order valence-electron chi connectivity index (χ1n) is 9.23. The molecule has 1 fully saturated rings. The van der Waals surface area contributed by atoms with Gasteiger partial charge in [-0.25, -0.2) is 12.8 Å². The molecule has 10 heteroatoms. The minimum Gasteiger partial charge on any atom is -0.494 e. The molecule has 1 aromatic heterocycles. The number of aliphatic hydroxyl groups excluding tert-OH is 1. The predicted molar refractivity (Wildman–Crippen MR) is 111 cm³/mol. The van der Waals surface area contributed by atoms with Gasteiger partial charge in [0.1, 0.15) is 6.23 Å². The lowest BCUT2D eigenvalue weighted by Gasteiger charge is -2.33. The number of halogens is 1. The van der Waals surface area contributed by atoms with Crippen LogP contribution in [0.3, 0.4) is 0 Å². The number of fused-ring (bicyclic) bond motifs is 1. The fourth-order valence-electron chi connectivity index (χ4n) is 3.61. The van der Waals surface area contributed by atoms with Crippen molar-refractivity contribution in [2.24, 2.45) is 5.73 Å². The summed E-state index contributed by atoms with van der Waals surface area (Å²) in [7, 11) is -2.64. The zero-order chi connectivity index (χ0) is 21.5. The molecule has 0 saturated carbocycles. The summed E-state index contributed by atoms with van der Waals surface area (Å²) in [5.41, 5.74) is 6.45. The van der Waals surface area contributed by atoms with E-state index < -0.39 is 28.2 Å². The average Bonchev–Trinajstić information content (AvgIpc) is 3.14. The quantitative estimate of drug-likeness (QED) is 0.577. The molecule has 4 rings (SSSR count). The van der Waals surface area contributed by atoms with E-state index in [9.17, 15) is 17.9 Å². The van der Waals surface area contributed by atoms with Gasteiger partial charge >= 0.3 is 0 Å². The van der Waals surface area contributed by atoms with Crippen LogP contribution in [0, 0.1) is 5.82 Å². The third-order valence-electron chi connectivity index (χ3n) is 5.04. The van der Waals surface area contributed by atoms with Gasteiger partial charge in [-0.1, -0.05) is 18.2 Å². The Morgan fingerprint density at radius 2 is 2.10 bits per heavy atom. The Morgan fingerprint density at radius 3 is 2.80 bits per heavy atom. The van der Waals surface area contributed by atoms with Crippen LogP contribution in [0.2, 0.25) is 0 Å². The molecule has 0 amide bonds. The van der Waals surface area contributed by atoms with E-state index in [0.717, 1.165) is 16.2 Å². The van der Waals surface area contributed by atoms with E-state index in [4.69, 9.17) is 15.2 Å². The number of morpholine rings is 1. The molecule has 160 valence electrons. The maximum absolute atomic E-state index is 14.1. The van der Waals surface area contributed by atoms with Crippen LogP contribution in [-0.4, -0.2) is 44.6 Å². The number of rotatable bonds is 5. The van der Waals surface area contributed by atoms with Gasteiger partial charge in [0.25, 0.3) is 0 Å². The second-order valence-corrected chi connectivity index (χ2v) is 9.86. The Balaban J connectivity index is 1.70. The van der Waals surface area contributed by atoms with Crippen molar-refractivity contribution in [1.29, 1.82) is 0 Å². The number of hydrogen-bond acceptors (Lipinski definition) is 7. The van der Waals surface area contributed by atoms with E-state index >= 15 is 0 Å². The first kappa shape index (κ1) is 21.2. The Morgan fingerprint density at radius 1 is 1.33 bits per heavy atom. The summed E-state index contributed by atoms with van der Waals surface area (Å²) in [6, 6.07) is 11.1. The summed E-state index contributed by atoms with van der Waals surface area (Å²) in [5.74, 6) is -0.777. The first-order chi connectivity index (χ1) is 14.3. The lowest BCUT2D eigenvalue weighted by Crippen LogP contribution is -2.42. The molecule has 2 heterocycles. The summed E-state index contributed by atoms with van der Waals surface area (Å²) in [5, 5.41) is 10.9. The van der Waals surface area contributed by atoms with Crippen molar-refractivity contribution in [3.05, 3.63) is 58.7 Å². The zero-order valence-corrected chi connectivity index (χ0v) is 17.7. The molecule has 2 aromatic carbocycles. The maximum Gasteiger partial charge on any atom is 0.243 e. The Labute approximate surface area is 177 Å². The highest BCUT2D eigenvalue weighted by molar-refractivity contribution is 7.89. The second kappa shape index (κ2) is 8.22. The number of sulfonamides is 1. The van der Waals surface area contributed by atoms with Crippen molar-refractivity contribution in [2.75, 3.05) is 26.8 Å². The molecule has 3 N–H and O–H groups in total. The molecule has 1 saturated heterocycles. The van der Waals surface area contributed by atoms with Crippen molar-refractivity contribution in [2.45, 2.75) is 17.2 Å². The third kappa shape index (κ3) is 3.70. The lowest BCUT2D eigenvalue weighted by molar-refractivity contribution is -0.00300. The van der Waals surface area contributed by atoms with Gasteiger partial charge in [0, 0.05) is 23.4 Å². The van der Waals surface area contributed by atoms with Crippen LogP contribution >= 0.6 is 11.3 Å². The first-order valence-corrected chi connectivity index (χ1v) is 11.5. The summed E-state index contributed by atoms with van der Waals surface area (Å²) in [6.07, 6.45) is -1.82. The fourth-order valence-corrected chi connectivity index (χ4v) is 6.19. The number of methoxy groups -OCH3 is 1. The van der Waals surface area contributed by atoms with Gasteiger partial charge in [-0.15, -0.1) is 11.3 Å². The summed E-state index contributed by atoms with van der Waals surface area (Å²) in [4.78, 5) is 0.381. The summed E-state index contributed by atoms with van der Waals surface area (Å²) < 4.78 is 53.3. The topological polar surface area (TPSA) is 102 Å². The Bertz CT molecular complexity index is 1180. The average molecular weight is 453 g/mol.